The van der Waals surface area contributed by atoms with Crippen molar-refractivity contribution in [3.8, 4) is 0 Å². The number of benzene rings is 2. The van der Waals surface area contributed by atoms with Gasteiger partial charge in [0.1, 0.15) is 0 Å². The van der Waals surface area contributed by atoms with Crippen LogP contribution in [0, 0.1) is 0 Å². The minimum Gasteiger partial charge on any atom is -0.462 e. The molecule has 0 saturated carbocycles. The number of hydrogen-bond acceptors (Lipinski definition) is 2. The quantitative estimate of drug-likeness (QED) is 0.468. The Bertz CT molecular complexity index is 603. The van der Waals surface area contributed by atoms with Crippen LogP contribution >= 0.6 is 15.9 Å². The fourth-order valence-electron chi connectivity index (χ4n) is 1.87. The Morgan fingerprint density at radius 3 is 1.95 bits per heavy atom. The molecule has 102 valence electrons. The normalized spacial score (nSPS) is 11.7. The second kappa shape index (κ2) is 7.06. The maximum Gasteiger partial charge on any atom is 0.339 e. The summed E-state index contributed by atoms with van der Waals surface area (Å²) >= 11 is 3.54. The second-order valence-electron chi connectivity index (χ2n) is 4.14. The fraction of sp³-hybridized carbons (Fsp3) is 0.118. The van der Waals surface area contributed by atoms with Gasteiger partial charge in [-0.25, -0.2) is 4.79 Å². The van der Waals surface area contributed by atoms with Crippen molar-refractivity contribution >= 4 is 32.0 Å². The van der Waals surface area contributed by atoms with Crippen LogP contribution in [0.15, 0.2) is 60.7 Å². The van der Waals surface area contributed by atoms with Crippen LogP contribution in [-0.4, -0.2) is 12.6 Å². The number of hydrogen-bond donors (Lipinski definition) is 0. The summed E-state index contributed by atoms with van der Waals surface area (Å²) in [5, 5.41) is 0. The van der Waals surface area contributed by atoms with Crippen molar-refractivity contribution in [3.63, 3.8) is 0 Å². The number of esters is 1. The van der Waals surface area contributed by atoms with E-state index in [9.17, 15) is 4.79 Å². The van der Waals surface area contributed by atoms with E-state index in [2.05, 4.69) is 15.9 Å². The Morgan fingerprint density at radius 2 is 1.45 bits per heavy atom. The molecule has 0 aliphatic carbocycles. The first kappa shape index (κ1) is 14.5. The van der Waals surface area contributed by atoms with Crippen molar-refractivity contribution in [2.75, 3.05) is 6.61 Å². The standard InChI is InChI=1S/C17H15BrO2/c1-2-20-17(19)15(13-9-5-3-6-10-13)16(18)14-11-7-4-8-12-14/h3-12H,2H2,1H3/b16-15+. The Hall–Kier alpha value is -1.87. The lowest BCUT2D eigenvalue weighted by Crippen LogP contribution is -2.08. The molecule has 0 spiro atoms. The monoisotopic (exact) mass is 330 g/mol. The third-order valence-corrected chi connectivity index (χ3v) is 3.64. The van der Waals surface area contributed by atoms with E-state index in [0.717, 1.165) is 15.6 Å². The zero-order chi connectivity index (χ0) is 14.4. The number of ether oxygens (including phenoxy) is 1. The van der Waals surface area contributed by atoms with Crippen LogP contribution in [-0.2, 0) is 9.53 Å². The molecule has 2 aromatic carbocycles. The van der Waals surface area contributed by atoms with Crippen LogP contribution in [0.1, 0.15) is 18.1 Å². The molecule has 2 nitrogen and oxygen atoms in total. The lowest BCUT2D eigenvalue weighted by Gasteiger charge is -2.11. The van der Waals surface area contributed by atoms with E-state index in [-0.39, 0.29) is 5.97 Å². The Labute approximate surface area is 127 Å². The van der Waals surface area contributed by atoms with Crippen LogP contribution < -0.4 is 0 Å². The van der Waals surface area contributed by atoms with E-state index >= 15 is 0 Å². The van der Waals surface area contributed by atoms with E-state index in [1.807, 2.05) is 60.7 Å². The Morgan fingerprint density at radius 1 is 0.950 bits per heavy atom. The summed E-state index contributed by atoms with van der Waals surface area (Å²) in [5.41, 5.74) is 2.32. The van der Waals surface area contributed by atoms with Gasteiger partial charge in [-0.1, -0.05) is 60.7 Å². The van der Waals surface area contributed by atoms with Crippen LogP contribution in [0.3, 0.4) is 0 Å². The molecule has 0 N–H and O–H groups in total. The SMILES string of the molecule is CCOC(=O)/C(=C(/Br)c1ccccc1)c1ccccc1. The van der Waals surface area contributed by atoms with E-state index < -0.39 is 0 Å². The van der Waals surface area contributed by atoms with Gasteiger partial charge in [0, 0.05) is 4.48 Å². The third-order valence-electron chi connectivity index (χ3n) is 2.79. The van der Waals surface area contributed by atoms with Crippen LogP contribution in [0.5, 0.6) is 0 Å². The van der Waals surface area contributed by atoms with Gasteiger partial charge in [-0.05, 0) is 34.0 Å². The average molecular weight is 331 g/mol. The third kappa shape index (κ3) is 3.36. The van der Waals surface area contributed by atoms with Crippen molar-refractivity contribution in [2.45, 2.75) is 6.92 Å². The number of carbonyl (C=O) groups excluding carboxylic acids is 1. The molecule has 3 heteroatoms. The molecule has 0 saturated heterocycles. The summed E-state index contributed by atoms with van der Waals surface area (Å²) in [4.78, 5) is 12.2. The second-order valence-corrected chi connectivity index (χ2v) is 4.93. The summed E-state index contributed by atoms with van der Waals surface area (Å²) < 4.78 is 5.91. The van der Waals surface area contributed by atoms with E-state index in [1.54, 1.807) is 6.92 Å². The van der Waals surface area contributed by atoms with Crippen molar-refractivity contribution in [2.24, 2.45) is 0 Å². The van der Waals surface area contributed by atoms with Crippen molar-refractivity contribution in [1.82, 2.24) is 0 Å². The fourth-order valence-corrected chi connectivity index (χ4v) is 2.53. The summed E-state index contributed by atoms with van der Waals surface area (Å²) in [7, 11) is 0. The zero-order valence-electron chi connectivity index (χ0n) is 11.2. The maximum absolute atomic E-state index is 12.2. The molecule has 20 heavy (non-hydrogen) atoms. The van der Waals surface area contributed by atoms with Gasteiger partial charge < -0.3 is 4.74 Å². The summed E-state index contributed by atoms with van der Waals surface area (Å²) in [6.07, 6.45) is 0. The molecule has 0 aliphatic rings. The average Bonchev–Trinajstić information content (AvgIpc) is 2.50. The molecule has 0 radical (unpaired) electrons. The molecular formula is C17H15BrO2. The smallest absolute Gasteiger partial charge is 0.339 e. The molecule has 0 amide bonds. The maximum atomic E-state index is 12.2. The molecule has 0 atom stereocenters. The topological polar surface area (TPSA) is 26.3 Å². The number of carbonyl (C=O) groups is 1. The largest absolute Gasteiger partial charge is 0.462 e. The predicted molar refractivity (Wildman–Crippen MR) is 85.3 cm³/mol. The van der Waals surface area contributed by atoms with Gasteiger partial charge in [-0.3, -0.25) is 0 Å². The molecule has 0 heterocycles. The Kier molecular flexibility index (Phi) is 5.13. The highest BCUT2D eigenvalue weighted by molar-refractivity contribution is 9.15. The first-order chi connectivity index (χ1) is 9.74. The highest BCUT2D eigenvalue weighted by Gasteiger charge is 2.18. The molecule has 0 unspecified atom stereocenters. The summed E-state index contributed by atoms with van der Waals surface area (Å²) in [6.45, 7) is 2.15. The molecule has 2 aromatic rings. The van der Waals surface area contributed by atoms with E-state index in [1.165, 1.54) is 0 Å². The highest BCUT2D eigenvalue weighted by atomic mass is 79.9. The zero-order valence-corrected chi connectivity index (χ0v) is 12.8. The minimum atomic E-state index is -0.325. The van der Waals surface area contributed by atoms with Gasteiger partial charge in [0.25, 0.3) is 0 Å². The predicted octanol–water partition coefficient (Wildman–Crippen LogP) is 4.51. The molecule has 0 fully saturated rings. The van der Waals surface area contributed by atoms with Gasteiger partial charge >= 0.3 is 5.97 Å². The summed E-state index contributed by atoms with van der Waals surface area (Å²) in [5.74, 6) is -0.325. The van der Waals surface area contributed by atoms with Crippen LogP contribution in [0.4, 0.5) is 0 Å². The molecule has 0 aliphatic heterocycles. The minimum absolute atomic E-state index is 0.325. The number of rotatable bonds is 4. The van der Waals surface area contributed by atoms with Gasteiger partial charge in [-0.15, -0.1) is 0 Å². The number of halogens is 1. The van der Waals surface area contributed by atoms with Crippen LogP contribution in [0.2, 0.25) is 0 Å². The van der Waals surface area contributed by atoms with Crippen molar-refractivity contribution in [1.29, 1.82) is 0 Å². The van der Waals surface area contributed by atoms with Crippen LogP contribution in [0.25, 0.3) is 10.1 Å². The molecular weight excluding hydrogens is 316 g/mol. The highest BCUT2D eigenvalue weighted by Crippen LogP contribution is 2.32. The van der Waals surface area contributed by atoms with Gasteiger partial charge in [0.05, 0.1) is 12.2 Å². The first-order valence-electron chi connectivity index (χ1n) is 6.41. The van der Waals surface area contributed by atoms with Crippen molar-refractivity contribution < 1.29 is 9.53 Å². The molecule has 0 bridgehead atoms. The lowest BCUT2D eigenvalue weighted by atomic mass is 10.0. The lowest BCUT2D eigenvalue weighted by molar-refractivity contribution is -0.136. The molecule has 2 rings (SSSR count). The van der Waals surface area contributed by atoms with Crippen molar-refractivity contribution in [3.05, 3.63) is 71.8 Å². The van der Waals surface area contributed by atoms with Gasteiger partial charge in [0.15, 0.2) is 0 Å². The first-order valence-corrected chi connectivity index (χ1v) is 7.21. The van der Waals surface area contributed by atoms with E-state index in [0.29, 0.717) is 12.2 Å². The summed E-state index contributed by atoms with van der Waals surface area (Å²) in [6, 6.07) is 19.2. The van der Waals surface area contributed by atoms with Gasteiger partial charge in [-0.2, -0.15) is 0 Å². The Balaban J connectivity index is 2.54. The molecule has 0 aromatic heterocycles. The van der Waals surface area contributed by atoms with Gasteiger partial charge in [0.2, 0.25) is 0 Å². The van der Waals surface area contributed by atoms with E-state index in [4.69, 9.17) is 4.74 Å².